The molecule has 0 spiro atoms. The number of ether oxygens (including phenoxy) is 2. The highest BCUT2D eigenvalue weighted by atomic mass is 16.5. The van der Waals surface area contributed by atoms with Crippen LogP contribution in [0.1, 0.15) is 57.6 Å². The fraction of sp³-hybridized carbons (Fsp3) is 0.647. The maximum Gasteiger partial charge on any atom is 0.124 e. The van der Waals surface area contributed by atoms with Crippen molar-refractivity contribution in [1.29, 1.82) is 0 Å². The Balaban J connectivity index is 2.59. The van der Waals surface area contributed by atoms with Gasteiger partial charge in [-0.25, -0.2) is 0 Å². The van der Waals surface area contributed by atoms with Gasteiger partial charge in [0.1, 0.15) is 11.5 Å². The molecule has 2 N–H and O–H groups in total. The van der Waals surface area contributed by atoms with Crippen LogP contribution < -0.4 is 15.2 Å². The zero-order valence-corrected chi connectivity index (χ0v) is 13.4. The maximum absolute atomic E-state index is 6.60. The molecule has 2 rings (SSSR count). The van der Waals surface area contributed by atoms with Gasteiger partial charge in [0, 0.05) is 16.7 Å². The number of methoxy groups -OCH3 is 2. The molecule has 0 aromatic heterocycles. The molecule has 0 heterocycles. The lowest BCUT2D eigenvalue weighted by Gasteiger charge is -2.30. The third kappa shape index (κ3) is 2.64. The Labute approximate surface area is 122 Å². The van der Waals surface area contributed by atoms with Gasteiger partial charge in [-0.3, -0.25) is 0 Å². The number of nitrogens with two attached hydrogens (primary N) is 1. The van der Waals surface area contributed by atoms with Crippen LogP contribution in [0, 0.1) is 0 Å². The molecule has 0 unspecified atom stereocenters. The predicted octanol–water partition coefficient (Wildman–Crippen LogP) is 3.73. The quantitative estimate of drug-likeness (QED) is 0.915. The van der Waals surface area contributed by atoms with Crippen LogP contribution in [0.25, 0.3) is 0 Å². The molecule has 0 atom stereocenters. The summed E-state index contributed by atoms with van der Waals surface area (Å²) in [6, 6.07) is 4.19. The second kappa shape index (κ2) is 5.28. The smallest absolute Gasteiger partial charge is 0.124 e. The van der Waals surface area contributed by atoms with Crippen LogP contribution in [0.2, 0.25) is 0 Å². The minimum Gasteiger partial charge on any atom is -0.496 e. The first-order valence-electron chi connectivity index (χ1n) is 7.38. The van der Waals surface area contributed by atoms with Gasteiger partial charge in [0.2, 0.25) is 0 Å². The average Bonchev–Trinajstić information content (AvgIpc) is 2.84. The largest absolute Gasteiger partial charge is 0.496 e. The van der Waals surface area contributed by atoms with Gasteiger partial charge in [-0.15, -0.1) is 0 Å². The molecule has 3 nitrogen and oxygen atoms in total. The topological polar surface area (TPSA) is 44.5 Å². The number of hydrogen-bond acceptors (Lipinski definition) is 3. The molecule has 1 aliphatic rings. The molecule has 0 bridgehead atoms. The van der Waals surface area contributed by atoms with Crippen LogP contribution in [0.5, 0.6) is 11.5 Å². The van der Waals surface area contributed by atoms with Gasteiger partial charge in [-0.2, -0.15) is 0 Å². The predicted molar refractivity (Wildman–Crippen MR) is 82.6 cm³/mol. The van der Waals surface area contributed by atoms with Gasteiger partial charge in [-0.1, -0.05) is 33.6 Å². The lowest BCUT2D eigenvalue weighted by molar-refractivity contribution is 0.364. The maximum atomic E-state index is 6.60. The Morgan fingerprint density at radius 2 is 1.55 bits per heavy atom. The molecule has 112 valence electrons. The molecule has 0 amide bonds. The second-order valence-electron chi connectivity index (χ2n) is 6.87. The zero-order chi connectivity index (χ0) is 15.0. The van der Waals surface area contributed by atoms with Crippen molar-refractivity contribution in [2.45, 2.75) is 57.4 Å². The lowest BCUT2D eigenvalue weighted by atomic mass is 9.82. The number of rotatable bonds is 3. The summed E-state index contributed by atoms with van der Waals surface area (Å²) in [5, 5.41) is 0. The minimum atomic E-state index is -0.269. The number of hydrogen-bond donors (Lipinski definition) is 1. The minimum absolute atomic E-state index is 0.00852. The normalized spacial score (nSPS) is 18.1. The van der Waals surface area contributed by atoms with Gasteiger partial charge in [0.15, 0.2) is 0 Å². The first kappa shape index (κ1) is 15.2. The van der Waals surface area contributed by atoms with Crippen molar-refractivity contribution in [2.24, 2.45) is 5.73 Å². The third-order valence-electron chi connectivity index (χ3n) is 4.36. The van der Waals surface area contributed by atoms with Gasteiger partial charge in [-0.05, 0) is 30.4 Å². The van der Waals surface area contributed by atoms with E-state index < -0.39 is 0 Å². The Morgan fingerprint density at radius 1 is 1.00 bits per heavy atom. The summed E-state index contributed by atoms with van der Waals surface area (Å²) in [5.41, 5.74) is 8.58. The summed E-state index contributed by atoms with van der Waals surface area (Å²) in [5.74, 6) is 1.80. The Morgan fingerprint density at radius 3 is 2.00 bits per heavy atom. The Hall–Kier alpha value is -1.22. The van der Waals surface area contributed by atoms with Crippen LogP contribution in [0.4, 0.5) is 0 Å². The van der Waals surface area contributed by atoms with E-state index in [1.807, 2.05) is 0 Å². The van der Waals surface area contributed by atoms with E-state index in [2.05, 4.69) is 32.9 Å². The summed E-state index contributed by atoms with van der Waals surface area (Å²) in [4.78, 5) is 0. The molecule has 1 aromatic carbocycles. The van der Waals surface area contributed by atoms with Gasteiger partial charge in [0.05, 0.1) is 14.2 Å². The van der Waals surface area contributed by atoms with Crippen molar-refractivity contribution in [1.82, 2.24) is 0 Å². The van der Waals surface area contributed by atoms with Crippen LogP contribution in [0.3, 0.4) is 0 Å². The van der Waals surface area contributed by atoms with E-state index in [0.29, 0.717) is 0 Å². The summed E-state index contributed by atoms with van der Waals surface area (Å²) < 4.78 is 11.2. The van der Waals surface area contributed by atoms with Crippen LogP contribution in [-0.2, 0) is 11.0 Å². The third-order valence-corrected chi connectivity index (χ3v) is 4.36. The fourth-order valence-electron chi connectivity index (χ4n) is 3.15. The fourth-order valence-corrected chi connectivity index (χ4v) is 3.15. The average molecular weight is 277 g/mol. The monoisotopic (exact) mass is 277 g/mol. The summed E-state index contributed by atoms with van der Waals surface area (Å²) >= 11 is 0. The highest BCUT2D eigenvalue weighted by molar-refractivity contribution is 5.52. The van der Waals surface area contributed by atoms with E-state index in [4.69, 9.17) is 15.2 Å². The summed E-state index contributed by atoms with van der Waals surface area (Å²) in [6.45, 7) is 6.53. The van der Waals surface area contributed by atoms with Crippen molar-refractivity contribution < 1.29 is 9.47 Å². The van der Waals surface area contributed by atoms with Crippen LogP contribution in [-0.4, -0.2) is 14.2 Å². The molecule has 0 aliphatic heterocycles. The first-order chi connectivity index (χ1) is 9.31. The molecule has 20 heavy (non-hydrogen) atoms. The molecule has 1 fully saturated rings. The van der Waals surface area contributed by atoms with E-state index in [0.717, 1.165) is 35.5 Å². The molecule has 1 aromatic rings. The standard InChI is InChI=1S/C17H27NO2/c1-16(2,3)12-10-15(20-5)13(11-14(12)19-4)17(18)8-6-7-9-17/h10-11H,6-9,18H2,1-5H3. The Bertz CT molecular complexity index is 482. The molecular weight excluding hydrogens is 250 g/mol. The SMILES string of the molecule is COc1cc(C2(N)CCCC2)c(OC)cc1C(C)(C)C. The molecule has 0 saturated heterocycles. The number of benzene rings is 1. The van der Waals surface area contributed by atoms with E-state index in [1.165, 1.54) is 12.8 Å². The van der Waals surface area contributed by atoms with Gasteiger partial charge in [0.25, 0.3) is 0 Å². The zero-order valence-electron chi connectivity index (χ0n) is 13.4. The molecule has 1 saturated carbocycles. The van der Waals surface area contributed by atoms with Gasteiger partial charge >= 0.3 is 0 Å². The van der Waals surface area contributed by atoms with Crippen molar-refractivity contribution in [3.8, 4) is 11.5 Å². The lowest BCUT2D eigenvalue weighted by Crippen LogP contribution is -2.33. The molecule has 1 aliphatic carbocycles. The van der Waals surface area contributed by atoms with E-state index in [1.54, 1.807) is 14.2 Å². The highest BCUT2D eigenvalue weighted by Crippen LogP contribution is 2.45. The van der Waals surface area contributed by atoms with E-state index in [-0.39, 0.29) is 11.0 Å². The van der Waals surface area contributed by atoms with Gasteiger partial charge < -0.3 is 15.2 Å². The van der Waals surface area contributed by atoms with Crippen molar-refractivity contribution in [3.05, 3.63) is 23.3 Å². The van der Waals surface area contributed by atoms with Crippen molar-refractivity contribution in [3.63, 3.8) is 0 Å². The highest BCUT2D eigenvalue weighted by Gasteiger charge is 2.35. The first-order valence-corrected chi connectivity index (χ1v) is 7.38. The molecule has 0 radical (unpaired) electrons. The van der Waals surface area contributed by atoms with E-state index >= 15 is 0 Å². The van der Waals surface area contributed by atoms with Crippen molar-refractivity contribution in [2.75, 3.05) is 14.2 Å². The van der Waals surface area contributed by atoms with Crippen LogP contribution in [0.15, 0.2) is 12.1 Å². The summed E-state index contributed by atoms with van der Waals surface area (Å²) in [7, 11) is 3.44. The Kier molecular flexibility index (Phi) is 4.01. The molecular formula is C17H27NO2. The van der Waals surface area contributed by atoms with Crippen molar-refractivity contribution >= 4 is 0 Å². The van der Waals surface area contributed by atoms with Crippen LogP contribution >= 0.6 is 0 Å². The summed E-state index contributed by atoms with van der Waals surface area (Å²) in [6.07, 6.45) is 4.40. The van der Waals surface area contributed by atoms with E-state index in [9.17, 15) is 0 Å². The second-order valence-corrected chi connectivity index (χ2v) is 6.87. The molecule has 3 heteroatoms.